The Kier molecular flexibility index (Phi) is 5.29. The number of hydrogen-bond donors (Lipinski definition) is 0. The van der Waals surface area contributed by atoms with E-state index in [2.05, 4.69) is 17.0 Å². The van der Waals surface area contributed by atoms with Crippen molar-refractivity contribution < 1.29 is 9.53 Å². The summed E-state index contributed by atoms with van der Waals surface area (Å²) in [4.78, 5) is 18.0. The molecule has 4 nitrogen and oxygen atoms in total. The second-order valence-corrected chi connectivity index (χ2v) is 8.41. The van der Waals surface area contributed by atoms with Gasteiger partial charge in [0.15, 0.2) is 0 Å². The molecule has 2 aliphatic heterocycles. The fraction of sp³-hybridized carbons (Fsp3) is 0.350. The summed E-state index contributed by atoms with van der Waals surface area (Å²) in [7, 11) is 0. The summed E-state index contributed by atoms with van der Waals surface area (Å²) < 4.78 is 6.35. The molecule has 0 spiro atoms. The quantitative estimate of drug-likeness (QED) is 0.749. The highest BCUT2D eigenvalue weighted by molar-refractivity contribution is 7.16. The van der Waals surface area contributed by atoms with Gasteiger partial charge in [0.25, 0.3) is 0 Å². The average molecular weight is 389 g/mol. The predicted molar refractivity (Wildman–Crippen MR) is 106 cm³/mol. The summed E-state index contributed by atoms with van der Waals surface area (Å²) in [5.74, 6) is 1.05. The molecule has 1 amide bonds. The summed E-state index contributed by atoms with van der Waals surface area (Å²) in [6, 6.07) is 10.1. The summed E-state index contributed by atoms with van der Waals surface area (Å²) >= 11 is 7.62. The largest absolute Gasteiger partial charge is 0.493 e. The van der Waals surface area contributed by atoms with Gasteiger partial charge >= 0.3 is 0 Å². The van der Waals surface area contributed by atoms with E-state index in [1.54, 1.807) is 17.4 Å². The van der Waals surface area contributed by atoms with Gasteiger partial charge in [-0.2, -0.15) is 0 Å². The van der Waals surface area contributed by atoms with Gasteiger partial charge in [0.2, 0.25) is 5.91 Å². The van der Waals surface area contributed by atoms with Gasteiger partial charge in [-0.25, -0.2) is 0 Å². The van der Waals surface area contributed by atoms with E-state index < -0.39 is 0 Å². The van der Waals surface area contributed by atoms with Gasteiger partial charge in [0.1, 0.15) is 5.75 Å². The number of amides is 1. The fourth-order valence-corrected chi connectivity index (χ4v) is 4.50. The summed E-state index contributed by atoms with van der Waals surface area (Å²) in [5, 5.41) is 0. The van der Waals surface area contributed by atoms with Crippen molar-refractivity contribution in [2.24, 2.45) is 0 Å². The topological polar surface area (TPSA) is 32.8 Å². The summed E-state index contributed by atoms with van der Waals surface area (Å²) in [5.41, 5.74) is 2.28. The lowest BCUT2D eigenvalue weighted by atomic mass is 10.1. The molecule has 0 atom stereocenters. The normalized spacial score (nSPS) is 17.5. The van der Waals surface area contributed by atoms with Crippen molar-refractivity contribution in [1.82, 2.24) is 9.80 Å². The van der Waals surface area contributed by atoms with Crippen LogP contribution in [0.2, 0.25) is 4.34 Å². The third kappa shape index (κ3) is 4.11. The number of piperazine rings is 1. The number of carbonyl (C=O) groups excluding carboxylic acids is 1. The molecule has 6 heteroatoms. The predicted octanol–water partition coefficient (Wildman–Crippen LogP) is 3.69. The number of thiophene rings is 1. The molecule has 0 aliphatic carbocycles. The van der Waals surface area contributed by atoms with Crippen LogP contribution in [0.3, 0.4) is 0 Å². The van der Waals surface area contributed by atoms with Crippen molar-refractivity contribution in [2.45, 2.75) is 13.0 Å². The van der Waals surface area contributed by atoms with Crippen molar-refractivity contribution in [3.05, 3.63) is 56.7 Å². The molecule has 26 heavy (non-hydrogen) atoms. The van der Waals surface area contributed by atoms with E-state index in [0.717, 1.165) is 61.4 Å². The van der Waals surface area contributed by atoms with Crippen LogP contribution in [-0.4, -0.2) is 48.5 Å². The standard InChI is InChI=1S/C20H21ClN2O2S/c21-19-5-3-17(26-19)14-22-8-10-23(11-9-22)20(24)6-2-15-1-4-18-16(13-15)7-12-25-18/h1-6,13H,7-12,14H2/b6-2+. The lowest BCUT2D eigenvalue weighted by Crippen LogP contribution is -2.47. The van der Waals surface area contributed by atoms with Crippen molar-refractivity contribution in [3.8, 4) is 5.75 Å². The Hall–Kier alpha value is -1.82. The highest BCUT2D eigenvalue weighted by atomic mass is 35.5. The molecule has 2 aliphatic rings. The lowest BCUT2D eigenvalue weighted by Gasteiger charge is -2.33. The Morgan fingerprint density at radius 2 is 2.04 bits per heavy atom. The molecular formula is C20H21ClN2O2S. The number of fused-ring (bicyclic) bond motifs is 1. The first-order chi connectivity index (χ1) is 12.7. The molecule has 0 saturated carbocycles. The second-order valence-electron chi connectivity index (χ2n) is 6.61. The molecule has 0 bridgehead atoms. The number of halogens is 1. The van der Waals surface area contributed by atoms with Crippen LogP contribution in [0.25, 0.3) is 6.08 Å². The zero-order valence-electron chi connectivity index (χ0n) is 14.5. The van der Waals surface area contributed by atoms with E-state index in [4.69, 9.17) is 16.3 Å². The highest BCUT2D eigenvalue weighted by Gasteiger charge is 2.20. The van der Waals surface area contributed by atoms with Gasteiger partial charge in [-0.15, -0.1) is 11.3 Å². The molecule has 136 valence electrons. The Labute approximate surface area is 162 Å². The van der Waals surface area contributed by atoms with Crippen molar-refractivity contribution in [1.29, 1.82) is 0 Å². The molecule has 1 saturated heterocycles. The first kappa shape index (κ1) is 17.6. The van der Waals surface area contributed by atoms with E-state index in [9.17, 15) is 4.79 Å². The maximum absolute atomic E-state index is 12.5. The Bertz CT molecular complexity index is 825. The van der Waals surface area contributed by atoms with Crippen LogP contribution in [0, 0.1) is 0 Å². The van der Waals surface area contributed by atoms with Crippen molar-refractivity contribution >= 4 is 34.9 Å². The first-order valence-corrected chi connectivity index (χ1v) is 10.1. The van der Waals surface area contributed by atoms with Gasteiger partial charge in [0.05, 0.1) is 10.9 Å². The smallest absolute Gasteiger partial charge is 0.246 e. The van der Waals surface area contributed by atoms with E-state index in [1.807, 2.05) is 29.2 Å². The number of carbonyl (C=O) groups is 1. The number of nitrogens with zero attached hydrogens (tertiary/aromatic N) is 2. The highest BCUT2D eigenvalue weighted by Crippen LogP contribution is 2.26. The number of rotatable bonds is 4. The van der Waals surface area contributed by atoms with Crippen LogP contribution in [0.15, 0.2) is 36.4 Å². The minimum Gasteiger partial charge on any atom is -0.493 e. The summed E-state index contributed by atoms with van der Waals surface area (Å²) in [6.07, 6.45) is 4.54. The van der Waals surface area contributed by atoms with Crippen LogP contribution < -0.4 is 4.74 Å². The molecule has 0 N–H and O–H groups in total. The van der Waals surface area contributed by atoms with Crippen LogP contribution in [0.4, 0.5) is 0 Å². The molecule has 3 heterocycles. The maximum atomic E-state index is 12.5. The van der Waals surface area contributed by atoms with Crippen molar-refractivity contribution in [2.75, 3.05) is 32.8 Å². The Morgan fingerprint density at radius 3 is 2.81 bits per heavy atom. The molecule has 4 rings (SSSR count). The van der Waals surface area contributed by atoms with Gasteiger partial charge in [-0.3, -0.25) is 9.69 Å². The zero-order chi connectivity index (χ0) is 17.9. The van der Waals surface area contributed by atoms with E-state index in [-0.39, 0.29) is 5.91 Å². The third-order valence-electron chi connectivity index (χ3n) is 4.82. The van der Waals surface area contributed by atoms with E-state index in [0.29, 0.717) is 0 Å². The molecule has 0 unspecified atom stereocenters. The molecule has 1 fully saturated rings. The van der Waals surface area contributed by atoms with Gasteiger partial charge in [-0.1, -0.05) is 17.7 Å². The maximum Gasteiger partial charge on any atom is 0.246 e. The average Bonchev–Trinajstić information content (AvgIpc) is 3.28. The molecule has 0 radical (unpaired) electrons. The SMILES string of the molecule is O=C(/C=C/c1ccc2c(c1)CCO2)N1CCN(Cc2ccc(Cl)s2)CC1. The Balaban J connectivity index is 1.29. The van der Waals surface area contributed by atoms with Crippen LogP contribution in [0.1, 0.15) is 16.0 Å². The minimum atomic E-state index is 0.0839. The van der Waals surface area contributed by atoms with Gasteiger partial charge in [0, 0.05) is 50.1 Å². The van der Waals surface area contributed by atoms with Gasteiger partial charge in [-0.05, 0) is 41.5 Å². The third-order valence-corrected chi connectivity index (χ3v) is 6.04. The van der Waals surface area contributed by atoms with Crippen molar-refractivity contribution in [3.63, 3.8) is 0 Å². The molecule has 2 aromatic rings. The summed E-state index contributed by atoms with van der Waals surface area (Å²) in [6.45, 7) is 4.98. The molecule has 1 aromatic carbocycles. The van der Waals surface area contributed by atoms with E-state index >= 15 is 0 Å². The number of benzene rings is 1. The lowest BCUT2D eigenvalue weighted by molar-refractivity contribution is -0.127. The first-order valence-electron chi connectivity index (χ1n) is 8.87. The minimum absolute atomic E-state index is 0.0839. The van der Waals surface area contributed by atoms with Crippen LogP contribution in [0.5, 0.6) is 5.75 Å². The number of hydrogen-bond acceptors (Lipinski definition) is 4. The number of ether oxygens (including phenoxy) is 1. The van der Waals surface area contributed by atoms with E-state index in [1.165, 1.54) is 10.4 Å². The van der Waals surface area contributed by atoms with Crippen LogP contribution >= 0.6 is 22.9 Å². The Morgan fingerprint density at radius 1 is 1.19 bits per heavy atom. The molecule has 1 aromatic heterocycles. The zero-order valence-corrected chi connectivity index (χ0v) is 16.1. The van der Waals surface area contributed by atoms with Gasteiger partial charge < -0.3 is 9.64 Å². The fourth-order valence-electron chi connectivity index (χ4n) is 3.37. The van der Waals surface area contributed by atoms with Crippen LogP contribution in [-0.2, 0) is 17.8 Å². The monoisotopic (exact) mass is 388 g/mol. The second kappa shape index (κ2) is 7.82. The molecular weight excluding hydrogens is 368 g/mol.